The van der Waals surface area contributed by atoms with Gasteiger partial charge in [0.05, 0.1) is 12.8 Å². The molecule has 0 aliphatic heterocycles. The van der Waals surface area contributed by atoms with Crippen LogP contribution in [0, 0.1) is 0 Å². The van der Waals surface area contributed by atoms with Gasteiger partial charge in [-0.2, -0.15) is 0 Å². The van der Waals surface area contributed by atoms with E-state index in [-0.39, 0.29) is 12.5 Å². The molecule has 1 amide bonds. The van der Waals surface area contributed by atoms with E-state index in [0.717, 1.165) is 5.56 Å². The van der Waals surface area contributed by atoms with E-state index in [2.05, 4.69) is 5.32 Å². The number of para-hydroxylation sites is 3. The van der Waals surface area contributed by atoms with Crippen LogP contribution in [0.5, 0.6) is 11.5 Å². The van der Waals surface area contributed by atoms with Crippen LogP contribution in [0.3, 0.4) is 0 Å². The molecule has 1 atom stereocenters. The van der Waals surface area contributed by atoms with Gasteiger partial charge in [0.25, 0.3) is 5.91 Å². The summed E-state index contributed by atoms with van der Waals surface area (Å²) in [7, 11) is 1.51. The first-order valence-corrected chi connectivity index (χ1v) is 8.77. The quantitative estimate of drug-likeness (QED) is 0.715. The van der Waals surface area contributed by atoms with E-state index in [9.17, 15) is 9.59 Å². The summed E-state index contributed by atoms with van der Waals surface area (Å²) >= 11 is 0. The summed E-state index contributed by atoms with van der Waals surface area (Å²) in [6, 6.07) is 14.5. The molecule has 2 rings (SSSR count). The summed E-state index contributed by atoms with van der Waals surface area (Å²) in [6.07, 6.45) is -0.966. The van der Waals surface area contributed by atoms with E-state index in [1.54, 1.807) is 30.3 Å². The number of carbonyl (C=O) groups excluding carboxylic acids is 2. The van der Waals surface area contributed by atoms with Gasteiger partial charge < -0.3 is 19.5 Å². The van der Waals surface area contributed by atoms with Crippen LogP contribution in [-0.4, -0.2) is 31.7 Å². The van der Waals surface area contributed by atoms with Crippen molar-refractivity contribution in [1.29, 1.82) is 0 Å². The molecule has 0 saturated carbocycles. The number of amides is 1. The van der Waals surface area contributed by atoms with Crippen molar-refractivity contribution in [3.05, 3.63) is 54.1 Å². The Bertz CT molecular complexity index is 788. The fourth-order valence-corrected chi connectivity index (χ4v) is 2.49. The highest BCUT2D eigenvalue weighted by atomic mass is 16.6. The van der Waals surface area contributed by atoms with Crippen molar-refractivity contribution in [2.75, 3.05) is 19.0 Å². The number of hydrogen-bond acceptors (Lipinski definition) is 5. The average Bonchev–Trinajstić information content (AvgIpc) is 2.66. The summed E-state index contributed by atoms with van der Waals surface area (Å²) in [5.74, 6) is 0.364. The van der Waals surface area contributed by atoms with E-state index in [4.69, 9.17) is 14.2 Å². The molecule has 0 aliphatic rings. The van der Waals surface area contributed by atoms with E-state index in [0.29, 0.717) is 17.2 Å². The molecule has 0 spiro atoms. The largest absolute Gasteiger partial charge is 0.495 e. The second kappa shape index (κ2) is 9.62. The van der Waals surface area contributed by atoms with E-state index < -0.39 is 18.0 Å². The highest BCUT2D eigenvalue weighted by Crippen LogP contribution is 2.26. The molecule has 6 nitrogen and oxygen atoms in total. The van der Waals surface area contributed by atoms with Gasteiger partial charge in [-0.3, -0.25) is 4.79 Å². The lowest BCUT2D eigenvalue weighted by Gasteiger charge is -2.16. The Morgan fingerprint density at radius 2 is 1.59 bits per heavy atom. The van der Waals surface area contributed by atoms with E-state index in [1.165, 1.54) is 14.0 Å². The number of anilines is 1. The van der Waals surface area contributed by atoms with Crippen LogP contribution in [0.25, 0.3) is 0 Å². The van der Waals surface area contributed by atoms with Gasteiger partial charge in [-0.25, -0.2) is 4.79 Å². The number of rotatable bonds is 8. The Morgan fingerprint density at radius 1 is 0.963 bits per heavy atom. The van der Waals surface area contributed by atoms with Crippen molar-refractivity contribution < 1.29 is 23.8 Å². The number of carbonyl (C=O) groups is 2. The molecule has 0 fully saturated rings. The molecule has 2 aromatic carbocycles. The van der Waals surface area contributed by atoms with Crippen molar-refractivity contribution in [2.45, 2.75) is 32.8 Å². The van der Waals surface area contributed by atoms with Gasteiger partial charge in [0.2, 0.25) is 0 Å². The van der Waals surface area contributed by atoms with Crippen molar-refractivity contribution in [1.82, 2.24) is 0 Å². The summed E-state index contributed by atoms with van der Waals surface area (Å²) in [5, 5.41) is 2.68. The van der Waals surface area contributed by atoms with Gasteiger partial charge in [-0.1, -0.05) is 44.2 Å². The molecule has 0 saturated heterocycles. The Labute approximate surface area is 159 Å². The number of ether oxygens (including phenoxy) is 3. The monoisotopic (exact) mass is 371 g/mol. The lowest BCUT2D eigenvalue weighted by atomic mass is 10.0. The SMILES string of the molecule is COc1ccccc1NC(=O)[C@@H](C)OC(=O)COc1ccccc1C(C)C. The minimum Gasteiger partial charge on any atom is -0.495 e. The van der Waals surface area contributed by atoms with Crippen LogP contribution in [0.1, 0.15) is 32.3 Å². The third kappa shape index (κ3) is 5.74. The first-order chi connectivity index (χ1) is 12.9. The molecular weight excluding hydrogens is 346 g/mol. The number of benzene rings is 2. The van der Waals surface area contributed by atoms with Crippen molar-refractivity contribution in [3.8, 4) is 11.5 Å². The molecule has 0 heterocycles. The van der Waals surface area contributed by atoms with Crippen LogP contribution in [-0.2, 0) is 14.3 Å². The number of esters is 1. The fraction of sp³-hybridized carbons (Fsp3) is 0.333. The second-order valence-electron chi connectivity index (χ2n) is 6.30. The molecule has 0 aliphatic carbocycles. The zero-order valence-electron chi connectivity index (χ0n) is 16.0. The first-order valence-electron chi connectivity index (χ1n) is 8.77. The molecule has 1 N–H and O–H groups in total. The Kier molecular flexibility index (Phi) is 7.23. The Balaban J connectivity index is 1.89. The molecule has 2 aromatic rings. The average molecular weight is 371 g/mol. The maximum absolute atomic E-state index is 12.2. The number of nitrogens with one attached hydrogen (secondary N) is 1. The third-order valence-electron chi connectivity index (χ3n) is 3.93. The normalized spacial score (nSPS) is 11.6. The summed E-state index contributed by atoms with van der Waals surface area (Å²) < 4.78 is 15.9. The smallest absolute Gasteiger partial charge is 0.344 e. The van der Waals surface area contributed by atoms with Gasteiger partial charge in [-0.15, -0.1) is 0 Å². The molecular formula is C21H25NO5. The molecule has 144 valence electrons. The van der Waals surface area contributed by atoms with Crippen LogP contribution < -0.4 is 14.8 Å². The Morgan fingerprint density at radius 3 is 2.26 bits per heavy atom. The summed E-state index contributed by atoms with van der Waals surface area (Å²) in [6.45, 7) is 5.33. The Hall–Kier alpha value is -3.02. The van der Waals surface area contributed by atoms with E-state index >= 15 is 0 Å². The van der Waals surface area contributed by atoms with Crippen molar-refractivity contribution in [2.24, 2.45) is 0 Å². The molecule has 0 aromatic heterocycles. The number of hydrogen-bond donors (Lipinski definition) is 1. The highest BCUT2D eigenvalue weighted by molar-refractivity contribution is 5.96. The van der Waals surface area contributed by atoms with Crippen molar-refractivity contribution in [3.63, 3.8) is 0 Å². The topological polar surface area (TPSA) is 73.9 Å². The van der Waals surface area contributed by atoms with Crippen LogP contribution in [0.4, 0.5) is 5.69 Å². The fourth-order valence-electron chi connectivity index (χ4n) is 2.49. The van der Waals surface area contributed by atoms with Crippen LogP contribution >= 0.6 is 0 Å². The third-order valence-corrected chi connectivity index (χ3v) is 3.93. The van der Waals surface area contributed by atoms with Crippen molar-refractivity contribution >= 4 is 17.6 Å². The van der Waals surface area contributed by atoms with E-state index in [1.807, 2.05) is 32.0 Å². The summed E-state index contributed by atoms with van der Waals surface area (Å²) in [4.78, 5) is 24.3. The van der Waals surface area contributed by atoms with Gasteiger partial charge in [-0.05, 0) is 36.6 Å². The lowest BCUT2D eigenvalue weighted by molar-refractivity contribution is -0.155. The molecule has 0 bridgehead atoms. The van der Waals surface area contributed by atoms with Gasteiger partial charge in [0.15, 0.2) is 12.7 Å². The van der Waals surface area contributed by atoms with Gasteiger partial charge in [0.1, 0.15) is 11.5 Å². The van der Waals surface area contributed by atoms with Gasteiger partial charge >= 0.3 is 5.97 Å². The van der Waals surface area contributed by atoms with Gasteiger partial charge in [0, 0.05) is 0 Å². The second-order valence-corrected chi connectivity index (χ2v) is 6.30. The minimum absolute atomic E-state index is 0.266. The first kappa shape index (κ1) is 20.3. The molecule has 27 heavy (non-hydrogen) atoms. The highest BCUT2D eigenvalue weighted by Gasteiger charge is 2.20. The lowest BCUT2D eigenvalue weighted by Crippen LogP contribution is -2.31. The predicted molar refractivity (Wildman–Crippen MR) is 103 cm³/mol. The predicted octanol–water partition coefficient (Wildman–Crippen LogP) is 3.77. The minimum atomic E-state index is -0.966. The zero-order valence-corrected chi connectivity index (χ0v) is 16.0. The summed E-state index contributed by atoms with van der Waals surface area (Å²) in [5.41, 5.74) is 1.52. The molecule has 0 unspecified atom stereocenters. The standard InChI is InChI=1S/C21H25NO5/c1-14(2)16-9-5-7-11-18(16)26-13-20(23)27-15(3)21(24)22-17-10-6-8-12-19(17)25-4/h5-12,14-15H,13H2,1-4H3,(H,22,24)/t15-/m1/s1. The maximum Gasteiger partial charge on any atom is 0.344 e. The van der Waals surface area contributed by atoms with Crippen LogP contribution in [0.15, 0.2) is 48.5 Å². The maximum atomic E-state index is 12.2. The molecule has 0 radical (unpaired) electrons. The van der Waals surface area contributed by atoms with Crippen LogP contribution in [0.2, 0.25) is 0 Å². The number of methoxy groups -OCH3 is 1. The molecule has 6 heteroatoms. The zero-order chi connectivity index (χ0) is 19.8.